The molecule has 2 heterocycles. The minimum atomic E-state index is -0.312. The van der Waals surface area contributed by atoms with Gasteiger partial charge in [0.25, 0.3) is 5.91 Å². The van der Waals surface area contributed by atoms with Crippen molar-refractivity contribution in [2.75, 3.05) is 5.32 Å². The maximum atomic E-state index is 12.8. The largest absolute Gasteiger partial charge is 0.457 e. The first kappa shape index (κ1) is 19.0. The van der Waals surface area contributed by atoms with Crippen molar-refractivity contribution in [3.63, 3.8) is 0 Å². The van der Waals surface area contributed by atoms with Crippen molar-refractivity contribution < 1.29 is 9.53 Å². The highest BCUT2D eigenvalue weighted by Crippen LogP contribution is 2.24. The Hall–Kier alpha value is -4.04. The number of rotatable bonds is 6. The normalized spacial score (nSPS) is 10.8. The molecule has 0 atom stereocenters. The first-order valence-electron chi connectivity index (χ1n) is 9.61. The number of nitrogens with zero attached hydrogens (tertiary/aromatic N) is 4. The number of hydrogen-bond acceptors (Lipinski definition) is 6. The second kappa shape index (κ2) is 8.37. The van der Waals surface area contributed by atoms with E-state index in [1.807, 2.05) is 83.5 Å². The molecular weight excluding hydrogens is 410 g/mol. The van der Waals surface area contributed by atoms with Crippen molar-refractivity contribution in [1.82, 2.24) is 20.0 Å². The molecule has 152 valence electrons. The fraction of sp³-hybridized carbons (Fsp3) is 0.0435. The van der Waals surface area contributed by atoms with E-state index in [1.165, 1.54) is 11.3 Å². The molecule has 5 aromatic rings. The first-order chi connectivity index (χ1) is 15.3. The van der Waals surface area contributed by atoms with E-state index < -0.39 is 0 Å². The summed E-state index contributed by atoms with van der Waals surface area (Å²) < 4.78 is 7.77. The monoisotopic (exact) mass is 427 g/mol. The van der Waals surface area contributed by atoms with Crippen LogP contribution in [0.4, 0.5) is 5.13 Å². The van der Waals surface area contributed by atoms with Gasteiger partial charge in [0.05, 0.1) is 12.1 Å². The Labute approximate surface area is 181 Å². The number of amides is 1. The lowest BCUT2D eigenvalue weighted by Gasteiger charge is -2.08. The molecular formula is C23H17N5O2S. The molecule has 31 heavy (non-hydrogen) atoms. The van der Waals surface area contributed by atoms with Crippen LogP contribution in [-0.2, 0) is 6.54 Å². The Morgan fingerprint density at radius 3 is 2.61 bits per heavy atom. The van der Waals surface area contributed by atoms with E-state index in [0.717, 1.165) is 28.0 Å². The van der Waals surface area contributed by atoms with E-state index in [4.69, 9.17) is 4.74 Å². The Bertz CT molecular complexity index is 1330. The number of benzene rings is 3. The SMILES string of the molecule is O=C(Nc1nncs1)c1nn(Cc2cccc(Oc3ccccc3)c2)c2ccccc12. The lowest BCUT2D eigenvalue weighted by Crippen LogP contribution is -2.13. The number of para-hydroxylation sites is 2. The summed E-state index contributed by atoms with van der Waals surface area (Å²) >= 11 is 1.26. The number of ether oxygens (including phenoxy) is 1. The molecule has 0 radical (unpaired) electrons. The average Bonchev–Trinajstić information content (AvgIpc) is 3.43. The summed E-state index contributed by atoms with van der Waals surface area (Å²) in [5.74, 6) is 1.21. The van der Waals surface area contributed by atoms with Crippen LogP contribution in [0.5, 0.6) is 11.5 Å². The third-order valence-corrected chi connectivity index (χ3v) is 5.27. The number of hydrogen-bond donors (Lipinski definition) is 1. The van der Waals surface area contributed by atoms with Crippen LogP contribution >= 0.6 is 11.3 Å². The molecule has 0 aliphatic rings. The first-order valence-corrected chi connectivity index (χ1v) is 10.5. The lowest BCUT2D eigenvalue weighted by molar-refractivity contribution is 0.102. The molecule has 1 amide bonds. The molecule has 0 saturated carbocycles. The van der Waals surface area contributed by atoms with Gasteiger partial charge in [0.2, 0.25) is 5.13 Å². The molecule has 0 aliphatic carbocycles. The third-order valence-electron chi connectivity index (χ3n) is 4.66. The van der Waals surface area contributed by atoms with Crippen molar-refractivity contribution in [3.05, 3.63) is 95.6 Å². The molecule has 0 unspecified atom stereocenters. The topological polar surface area (TPSA) is 81.9 Å². The fourth-order valence-electron chi connectivity index (χ4n) is 3.30. The highest BCUT2D eigenvalue weighted by atomic mass is 32.1. The summed E-state index contributed by atoms with van der Waals surface area (Å²) in [4.78, 5) is 12.8. The molecule has 0 aliphatic heterocycles. The van der Waals surface area contributed by atoms with Gasteiger partial charge < -0.3 is 4.74 Å². The predicted octanol–water partition coefficient (Wildman–Crippen LogP) is 4.98. The number of aromatic nitrogens is 4. The van der Waals surface area contributed by atoms with Gasteiger partial charge in [-0.05, 0) is 35.9 Å². The van der Waals surface area contributed by atoms with Gasteiger partial charge in [-0.1, -0.05) is 59.9 Å². The van der Waals surface area contributed by atoms with Gasteiger partial charge in [0, 0.05) is 5.39 Å². The van der Waals surface area contributed by atoms with Crippen molar-refractivity contribution in [2.24, 2.45) is 0 Å². The molecule has 0 bridgehead atoms. The van der Waals surface area contributed by atoms with Crippen LogP contribution in [0.2, 0.25) is 0 Å². The second-order valence-corrected chi connectivity index (χ2v) is 7.62. The molecule has 0 fully saturated rings. The number of anilines is 1. The van der Waals surface area contributed by atoms with Crippen molar-refractivity contribution in [2.45, 2.75) is 6.54 Å². The van der Waals surface area contributed by atoms with Crippen molar-refractivity contribution in [1.29, 1.82) is 0 Å². The summed E-state index contributed by atoms with van der Waals surface area (Å²) in [5, 5.41) is 16.2. The zero-order chi connectivity index (χ0) is 21.0. The Morgan fingerprint density at radius 1 is 0.968 bits per heavy atom. The zero-order valence-corrected chi connectivity index (χ0v) is 17.1. The molecule has 7 nitrogen and oxygen atoms in total. The van der Waals surface area contributed by atoms with E-state index in [9.17, 15) is 4.79 Å². The van der Waals surface area contributed by atoms with Crippen molar-refractivity contribution in [3.8, 4) is 11.5 Å². The predicted molar refractivity (Wildman–Crippen MR) is 120 cm³/mol. The van der Waals surface area contributed by atoms with Crippen LogP contribution in [0, 0.1) is 0 Å². The second-order valence-electron chi connectivity index (χ2n) is 6.78. The maximum absolute atomic E-state index is 12.8. The van der Waals surface area contributed by atoms with Gasteiger partial charge in [-0.25, -0.2) is 0 Å². The van der Waals surface area contributed by atoms with Crippen LogP contribution < -0.4 is 10.1 Å². The van der Waals surface area contributed by atoms with E-state index in [1.54, 1.807) is 5.51 Å². The summed E-state index contributed by atoms with van der Waals surface area (Å²) in [5.41, 5.74) is 3.80. The molecule has 2 aromatic heterocycles. The van der Waals surface area contributed by atoms with Crippen LogP contribution in [0.15, 0.2) is 84.4 Å². The molecule has 8 heteroatoms. The fourth-order valence-corrected chi connectivity index (χ4v) is 3.74. The van der Waals surface area contributed by atoms with Crippen LogP contribution in [0.25, 0.3) is 10.9 Å². The Kier molecular flexibility index (Phi) is 5.12. The zero-order valence-electron chi connectivity index (χ0n) is 16.3. The summed E-state index contributed by atoms with van der Waals surface area (Å²) in [6, 6.07) is 25.2. The van der Waals surface area contributed by atoms with Crippen molar-refractivity contribution >= 4 is 33.3 Å². The summed E-state index contributed by atoms with van der Waals surface area (Å²) in [7, 11) is 0. The minimum Gasteiger partial charge on any atom is -0.457 e. The molecule has 0 spiro atoms. The van der Waals surface area contributed by atoms with Gasteiger partial charge in [0.15, 0.2) is 5.69 Å². The van der Waals surface area contributed by atoms with E-state index in [2.05, 4.69) is 20.6 Å². The number of nitrogens with one attached hydrogen (secondary N) is 1. The van der Waals surface area contributed by atoms with Gasteiger partial charge >= 0.3 is 0 Å². The molecule has 3 aromatic carbocycles. The van der Waals surface area contributed by atoms with E-state index in [-0.39, 0.29) is 5.91 Å². The quantitative estimate of drug-likeness (QED) is 0.413. The molecule has 5 rings (SSSR count). The Balaban J connectivity index is 1.43. The van der Waals surface area contributed by atoms with Crippen LogP contribution in [0.1, 0.15) is 16.1 Å². The third kappa shape index (κ3) is 4.15. The number of carbonyl (C=O) groups is 1. The lowest BCUT2D eigenvalue weighted by atomic mass is 10.2. The van der Waals surface area contributed by atoms with Gasteiger partial charge in [0.1, 0.15) is 17.0 Å². The highest BCUT2D eigenvalue weighted by molar-refractivity contribution is 7.13. The van der Waals surface area contributed by atoms with E-state index >= 15 is 0 Å². The van der Waals surface area contributed by atoms with Gasteiger partial charge in [-0.15, -0.1) is 10.2 Å². The number of fused-ring (bicyclic) bond motifs is 1. The standard InChI is InChI=1S/C23H17N5O2S/c29-22(25-23-26-24-15-31-23)21-19-11-4-5-12-20(19)28(27-21)14-16-7-6-10-18(13-16)30-17-8-2-1-3-9-17/h1-13,15H,14H2,(H,25,26,29). The van der Waals surface area contributed by atoms with Crippen LogP contribution in [0.3, 0.4) is 0 Å². The van der Waals surface area contributed by atoms with Gasteiger partial charge in [-0.3, -0.25) is 14.8 Å². The molecule has 0 saturated heterocycles. The maximum Gasteiger partial charge on any atom is 0.278 e. The highest BCUT2D eigenvalue weighted by Gasteiger charge is 2.18. The smallest absolute Gasteiger partial charge is 0.278 e. The van der Waals surface area contributed by atoms with Gasteiger partial charge in [-0.2, -0.15) is 5.10 Å². The Morgan fingerprint density at radius 2 is 1.77 bits per heavy atom. The number of carbonyl (C=O) groups excluding carboxylic acids is 1. The average molecular weight is 427 g/mol. The summed E-state index contributed by atoms with van der Waals surface area (Å²) in [6.45, 7) is 0.499. The van der Waals surface area contributed by atoms with E-state index in [0.29, 0.717) is 17.4 Å². The molecule has 1 N–H and O–H groups in total. The summed E-state index contributed by atoms with van der Waals surface area (Å²) in [6.07, 6.45) is 0. The van der Waals surface area contributed by atoms with Crippen LogP contribution in [-0.4, -0.2) is 25.9 Å². The minimum absolute atomic E-state index is 0.312.